The molecule has 8 heteroatoms. The first-order valence-electron chi connectivity index (χ1n) is 13.7. The fourth-order valence-corrected chi connectivity index (χ4v) is 4.84. The van der Waals surface area contributed by atoms with E-state index >= 15 is 0 Å². The van der Waals surface area contributed by atoms with Crippen molar-refractivity contribution in [3.63, 3.8) is 0 Å². The molecule has 0 aliphatic carbocycles. The third-order valence-corrected chi connectivity index (χ3v) is 6.87. The van der Waals surface area contributed by atoms with E-state index in [2.05, 4.69) is 23.3 Å². The standard InChI is InChI=1S/C32H41N3O4S/c1-7-8-17-35(30(37)27(20-40)34-31(38)39-32(4,5)6)28(26-16-13-21(2)18-22(26)3)29(36)33-25-15-14-23-11-9-10-12-24(23)19-25/h9-16,18-19,27-28,40H,7-8,17,20H2,1-6H3,(H,33,36)(H,34,38). The van der Waals surface area contributed by atoms with E-state index in [4.69, 9.17) is 4.74 Å². The number of hydrogen-bond acceptors (Lipinski definition) is 5. The number of benzene rings is 3. The van der Waals surface area contributed by atoms with E-state index in [1.807, 2.05) is 81.4 Å². The molecule has 0 saturated heterocycles. The molecule has 0 aliphatic rings. The molecule has 40 heavy (non-hydrogen) atoms. The van der Waals surface area contributed by atoms with Crippen molar-refractivity contribution in [2.45, 2.75) is 72.1 Å². The number of ether oxygens (including phenoxy) is 1. The largest absolute Gasteiger partial charge is 0.444 e. The number of thiol groups is 1. The molecular weight excluding hydrogens is 522 g/mol. The lowest BCUT2D eigenvalue weighted by atomic mass is 9.96. The normalized spacial score (nSPS) is 12.9. The summed E-state index contributed by atoms with van der Waals surface area (Å²) in [6.07, 6.45) is 0.794. The second-order valence-electron chi connectivity index (χ2n) is 11.1. The topological polar surface area (TPSA) is 87.7 Å². The van der Waals surface area contributed by atoms with Crippen LogP contribution in [0.4, 0.5) is 10.5 Å². The van der Waals surface area contributed by atoms with Gasteiger partial charge < -0.3 is 20.3 Å². The van der Waals surface area contributed by atoms with E-state index in [9.17, 15) is 14.4 Å². The third-order valence-electron chi connectivity index (χ3n) is 6.50. The summed E-state index contributed by atoms with van der Waals surface area (Å²) in [6, 6.07) is 17.6. The van der Waals surface area contributed by atoms with Crippen molar-refractivity contribution in [1.29, 1.82) is 0 Å². The molecule has 0 spiro atoms. The van der Waals surface area contributed by atoms with Gasteiger partial charge in [0, 0.05) is 18.0 Å². The number of carbonyl (C=O) groups excluding carboxylic acids is 3. The Bertz CT molecular complexity index is 1350. The summed E-state index contributed by atoms with van der Waals surface area (Å²) in [7, 11) is 0. The van der Waals surface area contributed by atoms with Crippen LogP contribution in [0.5, 0.6) is 0 Å². The van der Waals surface area contributed by atoms with Crippen LogP contribution in [0.2, 0.25) is 0 Å². The molecule has 0 saturated carbocycles. The highest BCUT2D eigenvalue weighted by Crippen LogP contribution is 2.29. The van der Waals surface area contributed by atoms with Gasteiger partial charge in [0.1, 0.15) is 17.7 Å². The van der Waals surface area contributed by atoms with Gasteiger partial charge in [0.15, 0.2) is 0 Å². The summed E-state index contributed by atoms with van der Waals surface area (Å²) >= 11 is 4.36. The summed E-state index contributed by atoms with van der Waals surface area (Å²) < 4.78 is 5.39. The Morgan fingerprint density at radius 2 is 1.68 bits per heavy atom. The van der Waals surface area contributed by atoms with Crippen LogP contribution >= 0.6 is 12.6 Å². The second kappa shape index (κ2) is 13.7. The molecule has 0 bridgehead atoms. The number of amides is 3. The van der Waals surface area contributed by atoms with Crippen LogP contribution < -0.4 is 10.6 Å². The van der Waals surface area contributed by atoms with Gasteiger partial charge in [0.25, 0.3) is 5.91 Å². The molecule has 2 N–H and O–H groups in total. The van der Waals surface area contributed by atoms with Gasteiger partial charge in [-0.1, -0.05) is 67.4 Å². The predicted octanol–water partition coefficient (Wildman–Crippen LogP) is 6.59. The van der Waals surface area contributed by atoms with Crippen LogP contribution in [0.3, 0.4) is 0 Å². The minimum atomic E-state index is -0.975. The van der Waals surface area contributed by atoms with Crippen molar-refractivity contribution >= 4 is 47.0 Å². The van der Waals surface area contributed by atoms with Crippen LogP contribution in [0.15, 0.2) is 60.7 Å². The molecule has 0 heterocycles. The highest BCUT2D eigenvalue weighted by Gasteiger charge is 2.36. The monoisotopic (exact) mass is 563 g/mol. The van der Waals surface area contributed by atoms with Crippen molar-refractivity contribution in [3.8, 4) is 0 Å². The molecule has 3 aromatic rings. The Morgan fingerprint density at radius 3 is 2.30 bits per heavy atom. The van der Waals surface area contributed by atoms with Crippen LogP contribution in [0.1, 0.15) is 63.3 Å². The first kappa shape index (κ1) is 31.0. The Morgan fingerprint density at radius 1 is 0.975 bits per heavy atom. The number of carbonyl (C=O) groups is 3. The zero-order valence-electron chi connectivity index (χ0n) is 24.3. The predicted molar refractivity (Wildman–Crippen MR) is 165 cm³/mol. The number of nitrogens with zero attached hydrogens (tertiary/aromatic N) is 1. The fourth-order valence-electron chi connectivity index (χ4n) is 4.59. The van der Waals surface area contributed by atoms with Crippen molar-refractivity contribution in [3.05, 3.63) is 77.4 Å². The molecule has 0 radical (unpaired) electrons. The Balaban J connectivity index is 2.02. The van der Waals surface area contributed by atoms with E-state index in [1.165, 1.54) is 0 Å². The number of alkyl carbamates (subject to hydrolysis) is 1. The van der Waals surface area contributed by atoms with E-state index in [0.717, 1.165) is 33.9 Å². The fraction of sp³-hybridized carbons (Fsp3) is 0.406. The summed E-state index contributed by atoms with van der Waals surface area (Å²) in [4.78, 5) is 42.2. The smallest absolute Gasteiger partial charge is 0.408 e. The average Bonchev–Trinajstić information content (AvgIpc) is 2.89. The number of rotatable bonds is 10. The van der Waals surface area contributed by atoms with Gasteiger partial charge in [-0.05, 0) is 75.1 Å². The van der Waals surface area contributed by atoms with Gasteiger partial charge in [0.05, 0.1) is 0 Å². The molecule has 0 aromatic heterocycles. The number of nitrogens with one attached hydrogen (secondary N) is 2. The molecular formula is C32H41N3O4S. The lowest BCUT2D eigenvalue weighted by molar-refractivity contribution is -0.140. The lowest BCUT2D eigenvalue weighted by Gasteiger charge is -2.35. The lowest BCUT2D eigenvalue weighted by Crippen LogP contribution is -2.53. The van der Waals surface area contributed by atoms with Gasteiger partial charge in [-0.15, -0.1) is 0 Å². The number of unbranched alkanes of at least 4 members (excludes halogenated alkanes) is 1. The van der Waals surface area contributed by atoms with Crippen LogP contribution in [0, 0.1) is 13.8 Å². The molecule has 214 valence electrons. The summed E-state index contributed by atoms with van der Waals surface area (Å²) in [5.74, 6) is -0.679. The molecule has 3 aromatic carbocycles. The second-order valence-corrected chi connectivity index (χ2v) is 11.4. The first-order valence-corrected chi connectivity index (χ1v) is 14.3. The van der Waals surface area contributed by atoms with E-state index in [0.29, 0.717) is 18.7 Å². The van der Waals surface area contributed by atoms with Crippen molar-refractivity contribution < 1.29 is 19.1 Å². The molecule has 3 rings (SSSR count). The SMILES string of the molecule is CCCCN(C(=O)C(CS)NC(=O)OC(C)(C)C)C(C(=O)Nc1ccc2ccccc2c1)c1ccc(C)cc1C. The zero-order valence-corrected chi connectivity index (χ0v) is 25.2. The van der Waals surface area contributed by atoms with E-state index in [1.54, 1.807) is 25.7 Å². The Labute approximate surface area is 243 Å². The quantitative estimate of drug-likeness (QED) is 0.243. The van der Waals surface area contributed by atoms with Gasteiger partial charge in [-0.3, -0.25) is 9.59 Å². The van der Waals surface area contributed by atoms with Crippen molar-refractivity contribution in [2.24, 2.45) is 0 Å². The van der Waals surface area contributed by atoms with Crippen molar-refractivity contribution in [2.75, 3.05) is 17.6 Å². The number of anilines is 1. The highest BCUT2D eigenvalue weighted by atomic mass is 32.1. The molecule has 2 atom stereocenters. The van der Waals surface area contributed by atoms with Crippen molar-refractivity contribution in [1.82, 2.24) is 10.2 Å². The summed E-state index contributed by atoms with van der Waals surface area (Å²) in [5, 5.41) is 7.77. The summed E-state index contributed by atoms with van der Waals surface area (Å²) in [6.45, 7) is 11.6. The van der Waals surface area contributed by atoms with E-state index in [-0.39, 0.29) is 11.7 Å². The first-order chi connectivity index (χ1) is 18.9. The molecule has 0 fully saturated rings. The summed E-state index contributed by atoms with van der Waals surface area (Å²) in [5.41, 5.74) is 2.59. The Kier molecular flexibility index (Phi) is 10.6. The highest BCUT2D eigenvalue weighted by molar-refractivity contribution is 7.80. The van der Waals surface area contributed by atoms with Gasteiger partial charge in [-0.25, -0.2) is 4.79 Å². The zero-order chi connectivity index (χ0) is 29.4. The van der Waals surface area contributed by atoms with Crippen LogP contribution in [0.25, 0.3) is 10.8 Å². The maximum absolute atomic E-state index is 14.1. The minimum absolute atomic E-state index is 0.0482. The molecule has 0 aliphatic heterocycles. The number of fused-ring (bicyclic) bond motifs is 1. The van der Waals surface area contributed by atoms with E-state index < -0.39 is 29.7 Å². The minimum Gasteiger partial charge on any atom is -0.444 e. The molecule has 7 nitrogen and oxygen atoms in total. The average molecular weight is 564 g/mol. The molecule has 3 amide bonds. The van der Waals surface area contributed by atoms with Crippen LogP contribution in [-0.4, -0.2) is 46.7 Å². The van der Waals surface area contributed by atoms with Gasteiger partial charge in [-0.2, -0.15) is 12.6 Å². The Hall–Kier alpha value is -3.52. The van der Waals surface area contributed by atoms with Gasteiger partial charge in [0.2, 0.25) is 5.91 Å². The van der Waals surface area contributed by atoms with Crippen LogP contribution in [-0.2, 0) is 14.3 Å². The maximum atomic E-state index is 14.1. The number of aryl methyl sites for hydroxylation is 2. The molecule has 2 unspecified atom stereocenters. The maximum Gasteiger partial charge on any atom is 0.408 e. The van der Waals surface area contributed by atoms with Gasteiger partial charge >= 0.3 is 6.09 Å². The third kappa shape index (κ3) is 8.24. The number of hydrogen-bond donors (Lipinski definition) is 3.